The molecule has 2 aromatic carbocycles. The molecule has 9 heteroatoms. The van der Waals surface area contributed by atoms with E-state index in [4.69, 9.17) is 15.2 Å². The summed E-state index contributed by atoms with van der Waals surface area (Å²) in [6.45, 7) is 1.73. The van der Waals surface area contributed by atoms with Gasteiger partial charge in [0.05, 0.1) is 11.1 Å². The van der Waals surface area contributed by atoms with Gasteiger partial charge in [-0.1, -0.05) is 17.3 Å². The standard InChI is InChI=1S/C24H22F3N5O/c25-24(26,27)18-6-1-15(2-7-18)3-10-22-30-23(31-33-22)17-4-8-20-16(13-17)5-9-21(29-20)32-12-11-19(28)14-32/h1-2,4-9,13,19H,3,10-12,14,28H2. The second kappa shape index (κ2) is 8.47. The molecular formula is C24H22F3N5O. The number of halogens is 3. The molecule has 0 spiro atoms. The van der Waals surface area contributed by atoms with Crippen molar-refractivity contribution in [2.75, 3.05) is 18.0 Å². The molecule has 1 unspecified atom stereocenters. The van der Waals surface area contributed by atoms with Crippen LogP contribution in [0.15, 0.2) is 59.1 Å². The lowest BCUT2D eigenvalue weighted by Crippen LogP contribution is -2.26. The number of hydrogen-bond acceptors (Lipinski definition) is 6. The number of pyridine rings is 1. The fraction of sp³-hybridized carbons (Fsp3) is 0.292. The first-order valence-electron chi connectivity index (χ1n) is 10.8. The van der Waals surface area contributed by atoms with E-state index in [2.05, 4.69) is 15.0 Å². The highest BCUT2D eigenvalue weighted by Crippen LogP contribution is 2.29. The maximum absolute atomic E-state index is 12.7. The van der Waals surface area contributed by atoms with Crippen LogP contribution in [-0.4, -0.2) is 34.3 Å². The Bertz CT molecular complexity index is 1270. The second-order valence-corrected chi connectivity index (χ2v) is 8.28. The third kappa shape index (κ3) is 4.68. The maximum Gasteiger partial charge on any atom is 0.416 e. The average molecular weight is 453 g/mol. The Morgan fingerprint density at radius 2 is 1.82 bits per heavy atom. The first-order valence-corrected chi connectivity index (χ1v) is 10.8. The Morgan fingerprint density at radius 3 is 2.55 bits per heavy atom. The van der Waals surface area contributed by atoms with Crippen LogP contribution in [0.25, 0.3) is 22.3 Å². The summed E-state index contributed by atoms with van der Waals surface area (Å²) in [6.07, 6.45) is -2.42. The van der Waals surface area contributed by atoms with Crippen molar-refractivity contribution in [1.82, 2.24) is 15.1 Å². The SMILES string of the molecule is NC1CCN(c2ccc3cc(-c4noc(CCc5ccc(C(F)(F)F)cc5)n4)ccc3n2)C1. The van der Waals surface area contributed by atoms with Gasteiger partial charge in [-0.25, -0.2) is 4.98 Å². The minimum absolute atomic E-state index is 0.191. The average Bonchev–Trinajstić information content (AvgIpc) is 3.46. The minimum atomic E-state index is -4.33. The molecule has 3 heterocycles. The Labute approximate surface area is 188 Å². The van der Waals surface area contributed by atoms with E-state index in [0.29, 0.717) is 24.6 Å². The number of rotatable bonds is 5. The zero-order valence-electron chi connectivity index (χ0n) is 17.7. The molecule has 6 nitrogen and oxygen atoms in total. The fourth-order valence-electron chi connectivity index (χ4n) is 4.01. The summed E-state index contributed by atoms with van der Waals surface area (Å²) in [7, 11) is 0. The van der Waals surface area contributed by atoms with Gasteiger partial charge < -0.3 is 15.2 Å². The van der Waals surface area contributed by atoms with Gasteiger partial charge >= 0.3 is 6.18 Å². The molecule has 1 aliphatic rings. The van der Waals surface area contributed by atoms with Crippen molar-refractivity contribution in [3.05, 3.63) is 71.6 Å². The molecular weight excluding hydrogens is 431 g/mol. The normalized spacial score (nSPS) is 16.6. The molecule has 1 aliphatic heterocycles. The molecule has 1 fully saturated rings. The van der Waals surface area contributed by atoms with E-state index in [0.717, 1.165) is 59.5 Å². The van der Waals surface area contributed by atoms with Gasteiger partial charge in [0.2, 0.25) is 11.7 Å². The molecule has 0 radical (unpaired) electrons. The summed E-state index contributed by atoms with van der Waals surface area (Å²) < 4.78 is 43.4. The van der Waals surface area contributed by atoms with E-state index in [1.807, 2.05) is 30.3 Å². The molecule has 0 saturated carbocycles. The van der Waals surface area contributed by atoms with Crippen LogP contribution < -0.4 is 10.6 Å². The van der Waals surface area contributed by atoms with Gasteiger partial charge in [-0.3, -0.25) is 0 Å². The zero-order valence-corrected chi connectivity index (χ0v) is 17.7. The predicted molar refractivity (Wildman–Crippen MR) is 119 cm³/mol. The first kappa shape index (κ1) is 21.4. The van der Waals surface area contributed by atoms with Crippen LogP contribution in [0, 0.1) is 0 Å². The highest BCUT2D eigenvalue weighted by molar-refractivity contribution is 5.84. The first-order chi connectivity index (χ1) is 15.8. The van der Waals surface area contributed by atoms with Crippen LogP contribution in [-0.2, 0) is 19.0 Å². The van der Waals surface area contributed by atoms with Crippen LogP contribution in [0.5, 0.6) is 0 Å². The van der Waals surface area contributed by atoms with Crippen molar-refractivity contribution >= 4 is 16.7 Å². The number of nitrogens with two attached hydrogens (primary N) is 1. The lowest BCUT2D eigenvalue weighted by atomic mass is 10.1. The zero-order chi connectivity index (χ0) is 23.0. The van der Waals surface area contributed by atoms with Crippen molar-refractivity contribution in [3.8, 4) is 11.4 Å². The van der Waals surface area contributed by atoms with Crippen molar-refractivity contribution in [1.29, 1.82) is 0 Å². The maximum atomic E-state index is 12.7. The summed E-state index contributed by atoms with van der Waals surface area (Å²) in [4.78, 5) is 11.4. The van der Waals surface area contributed by atoms with Crippen molar-refractivity contribution in [2.24, 2.45) is 5.73 Å². The van der Waals surface area contributed by atoms with E-state index >= 15 is 0 Å². The number of anilines is 1. The highest BCUT2D eigenvalue weighted by Gasteiger charge is 2.29. The lowest BCUT2D eigenvalue weighted by molar-refractivity contribution is -0.137. The summed E-state index contributed by atoms with van der Waals surface area (Å²) in [5.41, 5.74) is 7.81. The van der Waals surface area contributed by atoms with Gasteiger partial charge in [0.15, 0.2) is 0 Å². The third-order valence-corrected chi connectivity index (χ3v) is 5.86. The number of hydrogen-bond donors (Lipinski definition) is 1. The monoisotopic (exact) mass is 453 g/mol. The molecule has 4 aromatic rings. The number of aromatic nitrogens is 3. The Kier molecular flexibility index (Phi) is 5.49. The molecule has 170 valence electrons. The van der Waals surface area contributed by atoms with E-state index in [9.17, 15) is 13.2 Å². The van der Waals surface area contributed by atoms with Crippen LogP contribution in [0.3, 0.4) is 0 Å². The number of nitrogens with zero attached hydrogens (tertiary/aromatic N) is 4. The summed E-state index contributed by atoms with van der Waals surface area (Å²) >= 11 is 0. The molecule has 2 N–H and O–H groups in total. The summed E-state index contributed by atoms with van der Waals surface area (Å²) in [5, 5.41) is 5.03. The lowest BCUT2D eigenvalue weighted by Gasteiger charge is -2.17. The van der Waals surface area contributed by atoms with Gasteiger partial charge in [0.25, 0.3) is 0 Å². The van der Waals surface area contributed by atoms with Crippen LogP contribution in [0.4, 0.5) is 19.0 Å². The van der Waals surface area contributed by atoms with E-state index in [1.165, 1.54) is 12.1 Å². The fourth-order valence-corrected chi connectivity index (χ4v) is 4.01. The smallest absolute Gasteiger partial charge is 0.355 e. The Balaban J connectivity index is 1.27. The van der Waals surface area contributed by atoms with E-state index in [-0.39, 0.29) is 6.04 Å². The molecule has 2 aromatic heterocycles. The molecule has 0 bridgehead atoms. The van der Waals surface area contributed by atoms with Crippen molar-refractivity contribution in [2.45, 2.75) is 31.5 Å². The molecule has 0 aliphatic carbocycles. The highest BCUT2D eigenvalue weighted by atomic mass is 19.4. The molecule has 0 amide bonds. The molecule has 33 heavy (non-hydrogen) atoms. The van der Waals surface area contributed by atoms with Crippen molar-refractivity contribution in [3.63, 3.8) is 0 Å². The Morgan fingerprint density at radius 1 is 1.00 bits per heavy atom. The predicted octanol–water partition coefficient (Wildman–Crippen LogP) is 4.63. The van der Waals surface area contributed by atoms with Crippen LogP contribution >= 0.6 is 0 Å². The number of alkyl halides is 3. The number of aryl methyl sites for hydroxylation is 2. The van der Waals surface area contributed by atoms with E-state index < -0.39 is 11.7 Å². The second-order valence-electron chi connectivity index (χ2n) is 8.28. The van der Waals surface area contributed by atoms with Gasteiger partial charge in [-0.2, -0.15) is 18.2 Å². The van der Waals surface area contributed by atoms with Gasteiger partial charge in [0, 0.05) is 36.5 Å². The minimum Gasteiger partial charge on any atom is -0.355 e. The molecule has 1 saturated heterocycles. The Hall–Kier alpha value is -3.46. The number of benzene rings is 2. The van der Waals surface area contributed by atoms with Gasteiger partial charge in [0.1, 0.15) is 5.82 Å². The largest absolute Gasteiger partial charge is 0.416 e. The van der Waals surface area contributed by atoms with Crippen LogP contribution in [0.2, 0.25) is 0 Å². The van der Waals surface area contributed by atoms with Crippen molar-refractivity contribution < 1.29 is 17.7 Å². The quantitative estimate of drug-likeness (QED) is 0.475. The summed E-state index contributed by atoms with van der Waals surface area (Å²) in [5.74, 6) is 1.83. The van der Waals surface area contributed by atoms with Gasteiger partial charge in [-0.15, -0.1) is 0 Å². The topological polar surface area (TPSA) is 81.1 Å². The summed E-state index contributed by atoms with van der Waals surface area (Å²) in [6, 6.07) is 15.1. The third-order valence-electron chi connectivity index (χ3n) is 5.86. The van der Waals surface area contributed by atoms with Crippen LogP contribution in [0.1, 0.15) is 23.4 Å². The van der Waals surface area contributed by atoms with E-state index in [1.54, 1.807) is 0 Å². The molecule has 1 atom stereocenters. The molecule has 5 rings (SSSR count). The van der Waals surface area contributed by atoms with Gasteiger partial charge in [-0.05, 0) is 60.9 Å². The number of fused-ring (bicyclic) bond motifs is 1.